The number of nitrogens with two attached hydrogens (primary N) is 1. The van der Waals surface area contributed by atoms with E-state index in [1.165, 1.54) is 69.2 Å². The highest BCUT2D eigenvalue weighted by Gasteiger charge is 2.49. The van der Waals surface area contributed by atoms with E-state index in [1.54, 1.807) is 0 Å². The minimum absolute atomic E-state index is 0.243. The number of fused-ring (bicyclic) bond motifs is 1. The molecule has 0 aromatic heterocycles. The SMILES string of the molecule is Cc1ccc(C(N)=O)cc1C12CCCCC1[C@@H](C)N(CC1CC1)CC2. The van der Waals surface area contributed by atoms with Gasteiger partial charge in [-0.05, 0) is 87.6 Å². The highest BCUT2D eigenvalue weighted by Crippen LogP contribution is 2.52. The smallest absolute Gasteiger partial charge is 0.248 e. The third-order valence-corrected chi connectivity index (χ3v) is 7.35. The highest BCUT2D eigenvalue weighted by molar-refractivity contribution is 5.93. The zero-order valence-electron chi connectivity index (χ0n) is 15.8. The van der Waals surface area contributed by atoms with Crippen LogP contribution in [0.2, 0.25) is 0 Å². The minimum atomic E-state index is -0.302. The van der Waals surface area contributed by atoms with Crippen LogP contribution in [0.15, 0.2) is 18.2 Å². The van der Waals surface area contributed by atoms with E-state index in [2.05, 4.69) is 30.9 Å². The number of nitrogens with zero attached hydrogens (tertiary/aromatic N) is 1. The standard InChI is InChI=1S/C22H32N2O/c1-15-6-9-18(21(23)25)13-20(15)22-10-4-3-5-19(22)16(2)24(12-11-22)14-17-7-8-17/h6,9,13,16-17,19H,3-5,7-8,10-12,14H2,1-2H3,(H2,23,25)/t16-,19?,22?/m1/s1. The number of primary amides is 1. The van der Waals surface area contributed by atoms with Crippen molar-refractivity contribution in [3.8, 4) is 0 Å². The summed E-state index contributed by atoms with van der Waals surface area (Å²) < 4.78 is 0. The Labute approximate surface area is 152 Å². The second kappa shape index (κ2) is 6.42. The molecule has 1 saturated heterocycles. The molecule has 1 aromatic rings. The van der Waals surface area contributed by atoms with Crippen LogP contribution in [0.25, 0.3) is 0 Å². The van der Waals surface area contributed by atoms with Crippen LogP contribution in [-0.4, -0.2) is 29.9 Å². The topological polar surface area (TPSA) is 46.3 Å². The molecule has 1 aromatic carbocycles. The van der Waals surface area contributed by atoms with Crippen LogP contribution in [0, 0.1) is 18.8 Å². The number of carbonyl (C=O) groups is 1. The lowest BCUT2D eigenvalue weighted by molar-refractivity contribution is 0.00543. The van der Waals surface area contributed by atoms with Crippen LogP contribution in [0.4, 0.5) is 0 Å². The number of hydrogen-bond acceptors (Lipinski definition) is 2. The van der Waals surface area contributed by atoms with Crippen molar-refractivity contribution in [1.29, 1.82) is 0 Å². The van der Waals surface area contributed by atoms with E-state index >= 15 is 0 Å². The van der Waals surface area contributed by atoms with Crippen molar-refractivity contribution in [2.24, 2.45) is 17.6 Å². The first-order chi connectivity index (χ1) is 12.0. The molecule has 1 amide bonds. The van der Waals surface area contributed by atoms with Gasteiger partial charge in [0.1, 0.15) is 0 Å². The van der Waals surface area contributed by atoms with Crippen LogP contribution in [0.5, 0.6) is 0 Å². The van der Waals surface area contributed by atoms with Crippen molar-refractivity contribution in [3.63, 3.8) is 0 Å². The second-order valence-corrected chi connectivity index (χ2v) is 8.83. The highest BCUT2D eigenvalue weighted by atomic mass is 16.1. The van der Waals surface area contributed by atoms with Crippen molar-refractivity contribution < 1.29 is 4.79 Å². The summed E-state index contributed by atoms with van der Waals surface area (Å²) in [7, 11) is 0. The number of rotatable bonds is 4. The number of hydrogen-bond donors (Lipinski definition) is 1. The monoisotopic (exact) mass is 340 g/mol. The molecule has 4 rings (SSSR count). The summed E-state index contributed by atoms with van der Waals surface area (Å²) in [6.45, 7) is 7.17. The Hall–Kier alpha value is -1.35. The predicted octanol–water partition coefficient (Wildman–Crippen LogP) is 4.03. The first-order valence-electron chi connectivity index (χ1n) is 10.2. The van der Waals surface area contributed by atoms with Crippen LogP contribution < -0.4 is 5.73 Å². The van der Waals surface area contributed by atoms with Gasteiger partial charge in [0.05, 0.1) is 0 Å². The minimum Gasteiger partial charge on any atom is -0.366 e. The number of piperidine rings is 1. The van der Waals surface area contributed by atoms with Crippen molar-refractivity contribution in [2.45, 2.75) is 70.3 Å². The molecule has 3 heteroatoms. The molecular weight excluding hydrogens is 308 g/mol. The Morgan fingerprint density at radius 3 is 2.76 bits per heavy atom. The average molecular weight is 341 g/mol. The average Bonchev–Trinajstić information content (AvgIpc) is 3.42. The molecule has 3 aliphatic rings. The fourth-order valence-corrected chi connectivity index (χ4v) is 5.75. The van der Waals surface area contributed by atoms with Crippen molar-refractivity contribution in [1.82, 2.24) is 4.90 Å². The lowest BCUT2D eigenvalue weighted by Gasteiger charge is -2.55. The van der Waals surface area contributed by atoms with E-state index in [-0.39, 0.29) is 11.3 Å². The summed E-state index contributed by atoms with van der Waals surface area (Å²) in [4.78, 5) is 14.5. The van der Waals surface area contributed by atoms with E-state index in [0.717, 1.165) is 5.92 Å². The van der Waals surface area contributed by atoms with E-state index in [0.29, 0.717) is 17.5 Å². The van der Waals surface area contributed by atoms with E-state index in [1.807, 2.05) is 6.07 Å². The van der Waals surface area contributed by atoms with Gasteiger partial charge in [0, 0.05) is 23.6 Å². The lowest BCUT2D eigenvalue weighted by Crippen LogP contribution is -2.56. The fraction of sp³-hybridized carbons (Fsp3) is 0.682. The summed E-state index contributed by atoms with van der Waals surface area (Å²) in [5, 5.41) is 0. The maximum Gasteiger partial charge on any atom is 0.248 e. The molecule has 136 valence electrons. The Kier molecular flexibility index (Phi) is 4.39. The van der Waals surface area contributed by atoms with E-state index in [4.69, 9.17) is 5.73 Å². The summed E-state index contributed by atoms with van der Waals surface area (Å²) in [6.07, 6.45) is 9.34. The maximum atomic E-state index is 11.8. The molecule has 25 heavy (non-hydrogen) atoms. The molecule has 0 spiro atoms. The number of aryl methyl sites for hydroxylation is 1. The molecule has 3 atom stereocenters. The molecule has 2 unspecified atom stereocenters. The Balaban J connectivity index is 1.70. The van der Waals surface area contributed by atoms with Gasteiger partial charge < -0.3 is 10.6 Å². The van der Waals surface area contributed by atoms with Gasteiger partial charge in [-0.3, -0.25) is 4.79 Å². The normalized spacial score (nSPS) is 33.0. The zero-order chi connectivity index (χ0) is 17.6. The quantitative estimate of drug-likeness (QED) is 0.899. The molecule has 2 N–H and O–H groups in total. The molecular formula is C22H32N2O. The fourth-order valence-electron chi connectivity index (χ4n) is 5.75. The molecule has 0 radical (unpaired) electrons. The van der Waals surface area contributed by atoms with Crippen LogP contribution in [0.3, 0.4) is 0 Å². The second-order valence-electron chi connectivity index (χ2n) is 8.83. The van der Waals surface area contributed by atoms with Crippen molar-refractivity contribution in [2.75, 3.05) is 13.1 Å². The Morgan fingerprint density at radius 1 is 1.24 bits per heavy atom. The summed E-state index contributed by atoms with van der Waals surface area (Å²) in [5.74, 6) is 1.36. The molecule has 0 bridgehead atoms. The Bertz CT molecular complexity index is 666. The van der Waals surface area contributed by atoms with Gasteiger partial charge in [-0.2, -0.15) is 0 Å². The third kappa shape index (κ3) is 3.01. The van der Waals surface area contributed by atoms with E-state index in [9.17, 15) is 4.79 Å². The van der Waals surface area contributed by atoms with Crippen LogP contribution in [0.1, 0.15) is 73.4 Å². The van der Waals surface area contributed by atoms with Gasteiger partial charge in [-0.1, -0.05) is 18.9 Å². The first kappa shape index (κ1) is 17.1. The van der Waals surface area contributed by atoms with Crippen molar-refractivity contribution >= 4 is 5.91 Å². The summed E-state index contributed by atoms with van der Waals surface area (Å²) in [5.41, 5.74) is 9.25. The third-order valence-electron chi connectivity index (χ3n) is 7.35. The number of benzene rings is 1. The van der Waals surface area contributed by atoms with E-state index < -0.39 is 0 Å². The van der Waals surface area contributed by atoms with Gasteiger partial charge >= 0.3 is 0 Å². The van der Waals surface area contributed by atoms with Crippen LogP contribution in [-0.2, 0) is 5.41 Å². The van der Waals surface area contributed by atoms with Gasteiger partial charge in [-0.15, -0.1) is 0 Å². The van der Waals surface area contributed by atoms with Gasteiger partial charge in [0.15, 0.2) is 0 Å². The molecule has 3 nitrogen and oxygen atoms in total. The predicted molar refractivity (Wildman–Crippen MR) is 102 cm³/mol. The molecule has 2 saturated carbocycles. The first-order valence-corrected chi connectivity index (χ1v) is 10.2. The summed E-state index contributed by atoms with van der Waals surface area (Å²) >= 11 is 0. The van der Waals surface area contributed by atoms with Crippen LogP contribution >= 0.6 is 0 Å². The van der Waals surface area contributed by atoms with Crippen molar-refractivity contribution in [3.05, 3.63) is 34.9 Å². The lowest BCUT2D eigenvalue weighted by atomic mass is 9.56. The molecule has 3 fully saturated rings. The number of carbonyl (C=O) groups excluding carboxylic acids is 1. The number of likely N-dealkylation sites (tertiary alicyclic amines) is 1. The maximum absolute atomic E-state index is 11.8. The Morgan fingerprint density at radius 2 is 2.04 bits per heavy atom. The molecule has 1 heterocycles. The number of amides is 1. The molecule has 1 aliphatic heterocycles. The molecule has 2 aliphatic carbocycles. The van der Waals surface area contributed by atoms with Gasteiger partial charge in [0.2, 0.25) is 5.91 Å². The van der Waals surface area contributed by atoms with Gasteiger partial charge in [-0.25, -0.2) is 0 Å². The summed E-state index contributed by atoms with van der Waals surface area (Å²) in [6, 6.07) is 6.77. The zero-order valence-corrected chi connectivity index (χ0v) is 15.8. The largest absolute Gasteiger partial charge is 0.366 e. The van der Waals surface area contributed by atoms with Gasteiger partial charge in [0.25, 0.3) is 0 Å².